The fraction of sp³-hybridized carbons (Fsp3) is 0.625. The Morgan fingerprint density at radius 1 is 1.19 bits per heavy atom. The van der Waals surface area contributed by atoms with Crippen LogP contribution in [0.25, 0.3) is 0 Å². The van der Waals surface area contributed by atoms with Crippen LogP contribution >= 0.6 is 23.2 Å². The monoisotopic (exact) mass is 327 g/mol. The third-order valence-electron chi connectivity index (χ3n) is 4.86. The normalized spacial score (nSPS) is 25.6. The van der Waals surface area contributed by atoms with Gasteiger partial charge in [-0.3, -0.25) is 9.80 Å². The highest BCUT2D eigenvalue weighted by atomic mass is 35.5. The van der Waals surface area contributed by atoms with E-state index in [-0.39, 0.29) is 6.04 Å². The van der Waals surface area contributed by atoms with E-state index in [1.54, 1.807) is 0 Å². The van der Waals surface area contributed by atoms with Crippen molar-refractivity contribution < 1.29 is 0 Å². The molecule has 2 atom stereocenters. The van der Waals surface area contributed by atoms with Gasteiger partial charge in [-0.05, 0) is 44.0 Å². The summed E-state index contributed by atoms with van der Waals surface area (Å²) in [6.07, 6.45) is 3.92. The highest BCUT2D eigenvalue weighted by Gasteiger charge is 2.33. The second-order valence-corrected chi connectivity index (χ2v) is 6.86. The van der Waals surface area contributed by atoms with Gasteiger partial charge in [0.1, 0.15) is 0 Å². The fourth-order valence-corrected chi connectivity index (χ4v) is 4.14. The number of nitrogens with two attached hydrogens (primary N) is 1. The smallest absolute Gasteiger partial charge is 0.0640 e. The summed E-state index contributed by atoms with van der Waals surface area (Å²) in [5, 5.41) is 1.27. The lowest BCUT2D eigenvalue weighted by atomic mass is 10.1. The molecular weight excluding hydrogens is 305 g/mol. The predicted molar refractivity (Wildman–Crippen MR) is 89.0 cm³/mol. The summed E-state index contributed by atoms with van der Waals surface area (Å²) in [5.74, 6) is 0. The maximum absolute atomic E-state index is 6.38. The van der Waals surface area contributed by atoms with Crippen LogP contribution in [-0.2, 0) is 0 Å². The van der Waals surface area contributed by atoms with Crippen LogP contribution in [0.5, 0.6) is 0 Å². The van der Waals surface area contributed by atoms with Crippen LogP contribution in [0.1, 0.15) is 30.9 Å². The molecule has 2 N–H and O–H groups in total. The Morgan fingerprint density at radius 3 is 2.67 bits per heavy atom. The average Bonchev–Trinajstić information content (AvgIpc) is 3.15. The molecule has 2 saturated heterocycles. The standard InChI is InChI=1S/C16H23Cl2N3/c17-14-5-3-4-13(16(14)18)15(10-19)21-9-6-12(11-21)20-7-1-2-8-20/h3-5,12,15H,1-2,6-11,19H2. The van der Waals surface area contributed by atoms with Crippen LogP contribution in [0.15, 0.2) is 18.2 Å². The number of benzene rings is 1. The van der Waals surface area contributed by atoms with Gasteiger partial charge in [0.25, 0.3) is 0 Å². The minimum Gasteiger partial charge on any atom is -0.329 e. The largest absolute Gasteiger partial charge is 0.329 e. The van der Waals surface area contributed by atoms with Crippen molar-refractivity contribution >= 4 is 23.2 Å². The van der Waals surface area contributed by atoms with Crippen molar-refractivity contribution in [3.8, 4) is 0 Å². The van der Waals surface area contributed by atoms with E-state index in [2.05, 4.69) is 15.9 Å². The Hall–Kier alpha value is -0.320. The lowest BCUT2D eigenvalue weighted by Gasteiger charge is -2.29. The molecule has 5 heteroatoms. The van der Waals surface area contributed by atoms with Gasteiger partial charge in [0.2, 0.25) is 0 Å². The van der Waals surface area contributed by atoms with Crippen molar-refractivity contribution in [2.75, 3.05) is 32.7 Å². The van der Waals surface area contributed by atoms with Crippen LogP contribution in [0.3, 0.4) is 0 Å². The van der Waals surface area contributed by atoms with Crippen molar-refractivity contribution in [1.82, 2.24) is 9.80 Å². The molecule has 0 aromatic heterocycles. The number of likely N-dealkylation sites (tertiary alicyclic amines) is 2. The van der Waals surface area contributed by atoms with Crippen LogP contribution in [0.4, 0.5) is 0 Å². The zero-order valence-electron chi connectivity index (χ0n) is 12.3. The number of halogens is 2. The predicted octanol–water partition coefficient (Wildman–Crippen LogP) is 3.16. The zero-order valence-corrected chi connectivity index (χ0v) is 13.8. The molecule has 0 radical (unpaired) electrons. The molecule has 0 saturated carbocycles. The number of nitrogens with zero attached hydrogens (tertiary/aromatic N) is 2. The van der Waals surface area contributed by atoms with E-state index in [4.69, 9.17) is 28.9 Å². The Balaban J connectivity index is 1.73. The van der Waals surface area contributed by atoms with Gasteiger partial charge in [0, 0.05) is 31.7 Å². The molecule has 3 rings (SSSR count). The second-order valence-electron chi connectivity index (χ2n) is 6.08. The molecule has 1 aromatic carbocycles. The molecule has 0 aliphatic carbocycles. The molecule has 2 unspecified atom stereocenters. The Bertz CT molecular complexity index is 488. The van der Waals surface area contributed by atoms with Crippen molar-refractivity contribution in [1.29, 1.82) is 0 Å². The number of hydrogen-bond donors (Lipinski definition) is 1. The fourth-order valence-electron chi connectivity index (χ4n) is 3.71. The molecule has 0 bridgehead atoms. The van der Waals surface area contributed by atoms with E-state index >= 15 is 0 Å². The number of rotatable bonds is 4. The van der Waals surface area contributed by atoms with Crippen LogP contribution in [0, 0.1) is 0 Å². The van der Waals surface area contributed by atoms with Crippen molar-refractivity contribution in [3.05, 3.63) is 33.8 Å². The summed E-state index contributed by atoms with van der Waals surface area (Å²) < 4.78 is 0. The van der Waals surface area contributed by atoms with E-state index in [0.717, 1.165) is 18.7 Å². The van der Waals surface area contributed by atoms with Crippen molar-refractivity contribution in [3.63, 3.8) is 0 Å². The molecule has 2 fully saturated rings. The van der Waals surface area contributed by atoms with Crippen molar-refractivity contribution in [2.45, 2.75) is 31.3 Å². The van der Waals surface area contributed by atoms with E-state index in [0.29, 0.717) is 22.6 Å². The molecule has 0 amide bonds. The van der Waals surface area contributed by atoms with Gasteiger partial charge in [-0.15, -0.1) is 0 Å². The highest BCUT2D eigenvalue weighted by Crippen LogP contribution is 2.34. The van der Waals surface area contributed by atoms with Gasteiger partial charge in [0.15, 0.2) is 0 Å². The van der Waals surface area contributed by atoms with Crippen LogP contribution in [0.2, 0.25) is 10.0 Å². The lowest BCUT2D eigenvalue weighted by Crippen LogP contribution is -2.38. The van der Waals surface area contributed by atoms with E-state index in [9.17, 15) is 0 Å². The number of hydrogen-bond acceptors (Lipinski definition) is 3. The molecule has 1 aromatic rings. The summed E-state index contributed by atoms with van der Waals surface area (Å²) in [6.45, 7) is 5.26. The summed E-state index contributed by atoms with van der Waals surface area (Å²) in [7, 11) is 0. The third kappa shape index (κ3) is 3.22. The lowest BCUT2D eigenvalue weighted by molar-refractivity contribution is 0.203. The van der Waals surface area contributed by atoms with Crippen molar-refractivity contribution in [2.24, 2.45) is 5.73 Å². The Labute approximate surface area is 137 Å². The van der Waals surface area contributed by atoms with Gasteiger partial charge in [-0.25, -0.2) is 0 Å². The van der Waals surface area contributed by atoms with E-state index in [1.165, 1.54) is 32.4 Å². The third-order valence-corrected chi connectivity index (χ3v) is 5.69. The molecule has 116 valence electrons. The van der Waals surface area contributed by atoms with Crippen LogP contribution in [-0.4, -0.2) is 48.6 Å². The minimum absolute atomic E-state index is 0.170. The summed E-state index contributed by atoms with van der Waals surface area (Å²) in [6, 6.07) is 6.69. The molecular formula is C16H23Cl2N3. The highest BCUT2D eigenvalue weighted by molar-refractivity contribution is 6.42. The van der Waals surface area contributed by atoms with E-state index in [1.807, 2.05) is 12.1 Å². The maximum Gasteiger partial charge on any atom is 0.0640 e. The maximum atomic E-state index is 6.38. The Kier molecular flexibility index (Phi) is 5.07. The zero-order chi connectivity index (χ0) is 14.8. The Morgan fingerprint density at radius 2 is 1.95 bits per heavy atom. The van der Waals surface area contributed by atoms with Gasteiger partial charge < -0.3 is 5.73 Å². The molecule has 2 heterocycles. The SMILES string of the molecule is NCC(c1cccc(Cl)c1Cl)N1CCC(N2CCCC2)C1. The first-order chi connectivity index (χ1) is 10.2. The first kappa shape index (κ1) is 15.6. The average molecular weight is 328 g/mol. The first-order valence-electron chi connectivity index (χ1n) is 7.82. The first-order valence-corrected chi connectivity index (χ1v) is 8.58. The summed E-state index contributed by atoms with van der Waals surface area (Å²) >= 11 is 12.5. The summed E-state index contributed by atoms with van der Waals surface area (Å²) in [5.41, 5.74) is 7.11. The van der Waals surface area contributed by atoms with E-state index < -0.39 is 0 Å². The van der Waals surface area contributed by atoms with Gasteiger partial charge in [-0.1, -0.05) is 35.3 Å². The second kappa shape index (κ2) is 6.84. The summed E-state index contributed by atoms with van der Waals surface area (Å²) in [4.78, 5) is 5.10. The molecule has 3 nitrogen and oxygen atoms in total. The molecule has 21 heavy (non-hydrogen) atoms. The minimum atomic E-state index is 0.170. The van der Waals surface area contributed by atoms with Gasteiger partial charge >= 0.3 is 0 Å². The molecule has 2 aliphatic heterocycles. The quantitative estimate of drug-likeness (QED) is 0.921. The van der Waals surface area contributed by atoms with Gasteiger partial charge in [-0.2, -0.15) is 0 Å². The van der Waals surface area contributed by atoms with Gasteiger partial charge in [0.05, 0.1) is 10.0 Å². The molecule has 0 spiro atoms. The molecule has 2 aliphatic rings. The topological polar surface area (TPSA) is 32.5 Å². The van der Waals surface area contributed by atoms with Crippen LogP contribution < -0.4 is 5.73 Å².